The van der Waals surface area contributed by atoms with Crippen molar-refractivity contribution in [2.45, 2.75) is 19.3 Å². The van der Waals surface area contributed by atoms with Crippen molar-refractivity contribution in [1.82, 2.24) is 9.88 Å². The van der Waals surface area contributed by atoms with Crippen molar-refractivity contribution in [2.24, 2.45) is 0 Å². The first-order chi connectivity index (χ1) is 17.9. The zero-order valence-electron chi connectivity index (χ0n) is 19.9. The molecule has 1 aliphatic heterocycles. The Morgan fingerprint density at radius 2 is 1.65 bits per heavy atom. The summed E-state index contributed by atoms with van der Waals surface area (Å²) >= 11 is 0. The number of carbonyl (C=O) groups excluding carboxylic acids is 2. The van der Waals surface area contributed by atoms with E-state index in [1.807, 2.05) is 4.90 Å². The average molecular weight is 508 g/mol. The number of anilines is 1. The Morgan fingerprint density at radius 3 is 2.35 bits per heavy atom. The number of carbonyl (C=O) groups is 2. The van der Waals surface area contributed by atoms with Crippen molar-refractivity contribution < 1.29 is 27.2 Å². The number of piperazine rings is 1. The molecule has 0 atom stereocenters. The summed E-state index contributed by atoms with van der Waals surface area (Å²) in [4.78, 5) is 33.6. The molecule has 2 aromatic heterocycles. The molecule has 6 nitrogen and oxygen atoms in total. The van der Waals surface area contributed by atoms with Gasteiger partial charge in [-0.25, -0.2) is 18.2 Å². The third-order valence-corrected chi connectivity index (χ3v) is 6.54. The van der Waals surface area contributed by atoms with Gasteiger partial charge in [0, 0.05) is 44.2 Å². The van der Waals surface area contributed by atoms with Crippen LogP contribution in [0.15, 0.2) is 71.3 Å². The Kier molecular flexibility index (Phi) is 6.94. The molecular formula is C28H24F3N3O3. The second-order valence-corrected chi connectivity index (χ2v) is 8.90. The van der Waals surface area contributed by atoms with Crippen molar-refractivity contribution in [3.8, 4) is 0 Å². The normalized spacial score (nSPS) is 13.9. The number of benzene rings is 2. The van der Waals surface area contributed by atoms with E-state index in [4.69, 9.17) is 4.42 Å². The number of nitrogens with zero attached hydrogens (tertiary/aromatic N) is 3. The van der Waals surface area contributed by atoms with Crippen LogP contribution in [0, 0.1) is 5.82 Å². The molecule has 4 aromatic rings. The van der Waals surface area contributed by atoms with Crippen LogP contribution in [0.5, 0.6) is 0 Å². The molecule has 0 spiro atoms. The zero-order chi connectivity index (χ0) is 25.9. The number of Topliss-reactive ketones (excluding diaryl/α,β-unsaturated/α-hetero) is 1. The van der Waals surface area contributed by atoms with Gasteiger partial charge < -0.3 is 14.2 Å². The van der Waals surface area contributed by atoms with Gasteiger partial charge in [0.25, 0.3) is 6.43 Å². The number of amides is 1. The van der Waals surface area contributed by atoms with E-state index < -0.39 is 12.2 Å². The molecule has 5 rings (SSSR count). The van der Waals surface area contributed by atoms with Crippen molar-refractivity contribution >= 4 is 28.5 Å². The number of halogens is 3. The number of ketones is 1. The first-order valence-corrected chi connectivity index (χ1v) is 11.9. The molecule has 37 heavy (non-hydrogen) atoms. The molecule has 0 N–H and O–H groups in total. The lowest BCUT2D eigenvalue weighted by atomic mass is 10.0. The zero-order valence-corrected chi connectivity index (χ0v) is 19.9. The Labute approximate surface area is 211 Å². The van der Waals surface area contributed by atoms with E-state index in [0.29, 0.717) is 43.1 Å². The summed E-state index contributed by atoms with van der Waals surface area (Å²) in [5, 5.41) is 0.237. The number of hydrogen-bond acceptors (Lipinski definition) is 5. The van der Waals surface area contributed by atoms with E-state index >= 15 is 0 Å². The highest BCUT2D eigenvalue weighted by Gasteiger charge is 2.27. The number of pyridine rings is 1. The summed E-state index contributed by atoms with van der Waals surface area (Å²) in [7, 11) is 0. The molecular weight excluding hydrogens is 483 g/mol. The molecule has 0 radical (unpaired) electrons. The van der Waals surface area contributed by atoms with Gasteiger partial charge in [0.05, 0.1) is 12.0 Å². The molecule has 9 heteroatoms. The van der Waals surface area contributed by atoms with E-state index in [-0.39, 0.29) is 46.9 Å². The van der Waals surface area contributed by atoms with Crippen LogP contribution in [0.4, 0.5) is 19.0 Å². The Balaban J connectivity index is 1.20. The predicted octanol–water partition coefficient (Wildman–Crippen LogP) is 5.22. The summed E-state index contributed by atoms with van der Waals surface area (Å²) in [6, 6.07) is 16.1. The van der Waals surface area contributed by atoms with Gasteiger partial charge in [-0.3, -0.25) is 9.59 Å². The highest BCUT2D eigenvalue weighted by atomic mass is 19.3. The number of rotatable bonds is 7. The maximum Gasteiger partial charge on any atom is 0.268 e. The molecule has 0 saturated carbocycles. The maximum atomic E-state index is 13.9. The standard InChI is InChI=1S/C28H24F3N3O3/c29-21-7-3-1-5-19(21)16-25(36)34-13-11-33(12-14-34)24-10-9-18(17-32-24)15-22(35)27-26(28(30)31)20-6-2-4-8-23(20)37-27/h1-10,17,28H,11-16H2. The van der Waals surface area contributed by atoms with Gasteiger partial charge in [0.15, 0.2) is 5.76 Å². The predicted molar refractivity (Wildman–Crippen MR) is 132 cm³/mol. The lowest BCUT2D eigenvalue weighted by Crippen LogP contribution is -2.49. The van der Waals surface area contributed by atoms with Gasteiger partial charge in [-0.1, -0.05) is 42.5 Å². The molecule has 1 fully saturated rings. The molecule has 0 aliphatic carbocycles. The third kappa shape index (κ3) is 5.21. The quantitative estimate of drug-likeness (QED) is 0.321. The van der Waals surface area contributed by atoms with Gasteiger partial charge in [-0.05, 0) is 29.3 Å². The largest absolute Gasteiger partial charge is 0.452 e. The minimum atomic E-state index is -2.83. The summed E-state index contributed by atoms with van der Waals surface area (Å²) in [6.07, 6.45) is -1.38. The topological polar surface area (TPSA) is 66.7 Å². The fraction of sp³-hybridized carbons (Fsp3) is 0.250. The van der Waals surface area contributed by atoms with Crippen molar-refractivity contribution in [2.75, 3.05) is 31.1 Å². The smallest absolute Gasteiger partial charge is 0.268 e. The number of alkyl halides is 2. The highest BCUT2D eigenvalue weighted by Crippen LogP contribution is 2.34. The van der Waals surface area contributed by atoms with E-state index in [2.05, 4.69) is 4.98 Å². The number of para-hydroxylation sites is 1. The first-order valence-electron chi connectivity index (χ1n) is 11.9. The first kappa shape index (κ1) is 24.5. The van der Waals surface area contributed by atoms with Crippen LogP contribution in [-0.2, 0) is 17.6 Å². The Morgan fingerprint density at radius 1 is 0.919 bits per heavy atom. The fourth-order valence-corrected chi connectivity index (χ4v) is 4.56. The second kappa shape index (κ2) is 10.5. The van der Waals surface area contributed by atoms with Crippen LogP contribution in [-0.4, -0.2) is 47.8 Å². The van der Waals surface area contributed by atoms with E-state index in [0.717, 1.165) is 0 Å². The summed E-state index contributed by atoms with van der Waals surface area (Å²) < 4.78 is 46.7. The molecule has 3 heterocycles. The van der Waals surface area contributed by atoms with Crippen molar-refractivity contribution in [1.29, 1.82) is 0 Å². The van der Waals surface area contributed by atoms with Crippen LogP contribution < -0.4 is 4.90 Å². The lowest BCUT2D eigenvalue weighted by Gasteiger charge is -2.35. The minimum Gasteiger partial charge on any atom is -0.452 e. The van der Waals surface area contributed by atoms with E-state index in [1.54, 1.807) is 59.6 Å². The molecule has 1 amide bonds. The van der Waals surface area contributed by atoms with Gasteiger partial charge >= 0.3 is 0 Å². The number of furan rings is 1. The number of fused-ring (bicyclic) bond motifs is 1. The summed E-state index contributed by atoms with van der Waals surface area (Å²) in [6.45, 7) is 2.09. The molecule has 1 aliphatic rings. The second-order valence-electron chi connectivity index (χ2n) is 8.90. The van der Waals surface area contributed by atoms with Crippen LogP contribution in [0.3, 0.4) is 0 Å². The van der Waals surface area contributed by atoms with Gasteiger partial charge in [-0.15, -0.1) is 0 Å². The Hall–Kier alpha value is -4.14. The van der Waals surface area contributed by atoms with Gasteiger partial charge in [0.2, 0.25) is 11.7 Å². The average Bonchev–Trinajstić information content (AvgIpc) is 3.31. The molecule has 0 bridgehead atoms. The lowest BCUT2D eigenvalue weighted by molar-refractivity contribution is -0.130. The number of hydrogen-bond donors (Lipinski definition) is 0. The van der Waals surface area contributed by atoms with Crippen molar-refractivity contribution in [3.63, 3.8) is 0 Å². The monoisotopic (exact) mass is 507 g/mol. The third-order valence-electron chi connectivity index (χ3n) is 6.54. The van der Waals surface area contributed by atoms with Crippen LogP contribution in [0.25, 0.3) is 11.0 Å². The van der Waals surface area contributed by atoms with Crippen molar-refractivity contribution in [3.05, 3.63) is 95.1 Å². The Bertz CT molecular complexity index is 1430. The SMILES string of the molecule is O=C(Cc1ccc(N2CCN(C(=O)Cc3ccccc3F)CC2)nc1)c1oc2ccccc2c1C(F)F. The van der Waals surface area contributed by atoms with E-state index in [9.17, 15) is 22.8 Å². The highest BCUT2D eigenvalue weighted by molar-refractivity contribution is 6.01. The van der Waals surface area contributed by atoms with Crippen LogP contribution in [0.2, 0.25) is 0 Å². The molecule has 2 aromatic carbocycles. The molecule has 1 saturated heterocycles. The van der Waals surface area contributed by atoms with Gasteiger partial charge in [-0.2, -0.15) is 0 Å². The van der Waals surface area contributed by atoms with E-state index in [1.165, 1.54) is 12.1 Å². The minimum absolute atomic E-state index is 0.0200. The molecule has 0 unspecified atom stereocenters. The van der Waals surface area contributed by atoms with Crippen LogP contribution >= 0.6 is 0 Å². The summed E-state index contributed by atoms with van der Waals surface area (Å²) in [5.74, 6) is -0.683. The van der Waals surface area contributed by atoms with Crippen LogP contribution in [0.1, 0.15) is 33.7 Å². The van der Waals surface area contributed by atoms with Gasteiger partial charge in [0.1, 0.15) is 17.2 Å². The fourth-order valence-electron chi connectivity index (χ4n) is 4.56. The number of aromatic nitrogens is 1. The molecule has 190 valence electrons. The summed E-state index contributed by atoms with van der Waals surface area (Å²) in [5.41, 5.74) is 0.826. The maximum absolute atomic E-state index is 13.9.